The predicted octanol–water partition coefficient (Wildman–Crippen LogP) is 4.32. The molecule has 216 valence electrons. The molecule has 3 aliphatic rings. The number of amides is 2. The summed E-state index contributed by atoms with van der Waals surface area (Å²) in [5.74, 6) is -1.82. The Balaban J connectivity index is 1.38. The van der Waals surface area contributed by atoms with E-state index in [4.69, 9.17) is 9.47 Å². The van der Waals surface area contributed by atoms with Crippen LogP contribution in [-0.2, 0) is 21.3 Å². The van der Waals surface area contributed by atoms with Gasteiger partial charge in [-0.1, -0.05) is 24.3 Å². The van der Waals surface area contributed by atoms with E-state index in [9.17, 15) is 9.59 Å². The number of anilines is 2. The van der Waals surface area contributed by atoms with Gasteiger partial charge in [0, 0.05) is 44.1 Å². The van der Waals surface area contributed by atoms with Crippen molar-refractivity contribution in [1.82, 2.24) is 14.7 Å². The second-order valence-corrected chi connectivity index (χ2v) is 11.3. The number of hydrogen-bond donors (Lipinski definition) is 2. The first-order valence-electron chi connectivity index (χ1n) is 14.3. The van der Waals surface area contributed by atoms with Gasteiger partial charge in [0.05, 0.1) is 48.7 Å². The van der Waals surface area contributed by atoms with Crippen LogP contribution in [0.5, 0.6) is 0 Å². The summed E-state index contributed by atoms with van der Waals surface area (Å²) in [7, 11) is 1.78. The lowest BCUT2D eigenvalue weighted by atomic mass is 9.76. The highest BCUT2D eigenvalue weighted by Gasteiger charge is 2.51. The average Bonchev–Trinajstić information content (AvgIpc) is 3.61. The highest BCUT2D eigenvalue weighted by Crippen LogP contribution is 2.45. The summed E-state index contributed by atoms with van der Waals surface area (Å²) in [5.41, 5.74) is 2.97. The zero-order chi connectivity index (χ0) is 28.5. The number of ether oxygens (including phenoxy) is 2. The number of benzene rings is 2. The van der Waals surface area contributed by atoms with Crippen LogP contribution in [0.4, 0.5) is 15.8 Å². The maximum absolute atomic E-state index is 15.2. The highest BCUT2D eigenvalue weighted by molar-refractivity contribution is 5.98. The summed E-state index contributed by atoms with van der Waals surface area (Å²) in [4.78, 5) is 29.9. The molecule has 0 spiro atoms. The van der Waals surface area contributed by atoms with Crippen LogP contribution < -0.4 is 10.6 Å². The highest BCUT2D eigenvalue weighted by atomic mass is 19.1. The molecule has 0 radical (unpaired) electrons. The third kappa shape index (κ3) is 5.58. The van der Waals surface area contributed by atoms with Crippen LogP contribution >= 0.6 is 0 Å². The minimum absolute atomic E-state index is 0.0364. The Labute approximate surface area is 239 Å². The molecular weight excluding hydrogens is 525 g/mol. The van der Waals surface area contributed by atoms with Crippen molar-refractivity contribution < 1.29 is 23.5 Å². The summed E-state index contributed by atoms with van der Waals surface area (Å²) in [6.07, 6.45) is 5.76. The van der Waals surface area contributed by atoms with Gasteiger partial charge in [0.1, 0.15) is 5.82 Å². The van der Waals surface area contributed by atoms with Crippen LogP contribution in [0.3, 0.4) is 0 Å². The molecule has 9 nitrogen and oxygen atoms in total. The first-order valence-corrected chi connectivity index (χ1v) is 14.3. The molecule has 10 heteroatoms. The second kappa shape index (κ2) is 11.6. The molecule has 1 unspecified atom stereocenters. The van der Waals surface area contributed by atoms with Crippen molar-refractivity contribution in [1.29, 1.82) is 0 Å². The van der Waals surface area contributed by atoms with Gasteiger partial charge in [0.2, 0.25) is 5.91 Å². The molecule has 4 heterocycles. The molecule has 3 aliphatic heterocycles. The van der Waals surface area contributed by atoms with Gasteiger partial charge in [-0.3, -0.25) is 14.3 Å². The van der Waals surface area contributed by atoms with Crippen molar-refractivity contribution in [2.45, 2.75) is 44.3 Å². The van der Waals surface area contributed by atoms with Crippen LogP contribution in [0.2, 0.25) is 0 Å². The lowest BCUT2D eigenvalue weighted by molar-refractivity contribution is -0.124. The first kappa shape index (κ1) is 27.4. The largest absolute Gasteiger partial charge is 0.382 e. The van der Waals surface area contributed by atoms with Crippen molar-refractivity contribution in [3.8, 4) is 0 Å². The SMILES string of the molecule is Cc1cccc(F)c1C(=O)N1C2COC[C@@H]2C[C@H](C(=O)Nc2cnn(C)c2)[C@@H]1c1ccc(NC2CCOCC2)cc1. The van der Waals surface area contributed by atoms with Crippen LogP contribution in [0.15, 0.2) is 54.9 Å². The fourth-order valence-electron chi connectivity index (χ4n) is 6.50. The molecule has 1 aromatic heterocycles. The zero-order valence-corrected chi connectivity index (χ0v) is 23.4. The van der Waals surface area contributed by atoms with E-state index in [2.05, 4.69) is 15.7 Å². The number of aryl methyl sites for hydroxylation is 2. The van der Waals surface area contributed by atoms with Gasteiger partial charge in [0.15, 0.2) is 0 Å². The summed E-state index contributed by atoms with van der Waals surface area (Å²) in [6, 6.07) is 12.0. The zero-order valence-electron chi connectivity index (χ0n) is 23.4. The van der Waals surface area contributed by atoms with Crippen molar-refractivity contribution in [2.24, 2.45) is 18.9 Å². The van der Waals surface area contributed by atoms with Gasteiger partial charge < -0.3 is 25.0 Å². The molecular formula is C31H36FN5O4. The molecule has 3 fully saturated rings. The Kier molecular flexibility index (Phi) is 7.77. The minimum atomic E-state index is -0.613. The van der Waals surface area contributed by atoms with E-state index in [1.165, 1.54) is 6.07 Å². The van der Waals surface area contributed by atoms with E-state index in [1.807, 2.05) is 24.3 Å². The van der Waals surface area contributed by atoms with Crippen LogP contribution in [0, 0.1) is 24.6 Å². The molecule has 0 aliphatic carbocycles. The summed E-state index contributed by atoms with van der Waals surface area (Å²) in [5, 5.41) is 10.7. The average molecular weight is 562 g/mol. The first-order chi connectivity index (χ1) is 19.9. The number of aromatic nitrogens is 2. The third-order valence-electron chi connectivity index (χ3n) is 8.58. The van der Waals surface area contributed by atoms with Crippen molar-refractivity contribution in [2.75, 3.05) is 37.1 Å². The minimum Gasteiger partial charge on any atom is -0.382 e. The predicted molar refractivity (Wildman–Crippen MR) is 152 cm³/mol. The van der Waals surface area contributed by atoms with Gasteiger partial charge >= 0.3 is 0 Å². The molecule has 2 N–H and O–H groups in total. The third-order valence-corrected chi connectivity index (χ3v) is 8.58. The number of halogens is 1. The topological polar surface area (TPSA) is 97.7 Å². The van der Waals surface area contributed by atoms with Gasteiger partial charge in [-0.05, 0) is 55.5 Å². The van der Waals surface area contributed by atoms with Crippen LogP contribution in [-0.4, -0.2) is 65.0 Å². The molecule has 41 heavy (non-hydrogen) atoms. The number of carbonyl (C=O) groups excluding carboxylic acids is 2. The number of nitrogens with zero attached hydrogens (tertiary/aromatic N) is 3. The standard InChI is InChI=1S/C31H36FN5O4/c1-19-4-3-5-26(32)28(19)31(39)37-27-18-41-17-21(27)14-25(30(38)35-24-15-33-36(2)16-24)29(37)20-6-8-22(9-7-20)34-23-10-12-40-13-11-23/h3-9,15-16,21,23,25,27,29,34H,10-14,17-18H2,1-2H3,(H,35,38)/t21-,25-,27?,29-/m0/s1. The number of piperidine rings is 1. The second-order valence-electron chi connectivity index (χ2n) is 11.3. The monoisotopic (exact) mass is 561 g/mol. The van der Waals surface area contributed by atoms with Crippen molar-refractivity contribution >= 4 is 23.2 Å². The number of likely N-dealkylation sites (tertiary alicyclic amines) is 1. The van der Waals surface area contributed by atoms with Crippen molar-refractivity contribution in [3.05, 3.63) is 77.4 Å². The van der Waals surface area contributed by atoms with E-state index in [-0.39, 0.29) is 23.4 Å². The summed E-state index contributed by atoms with van der Waals surface area (Å²) < 4.78 is 28.1. The summed E-state index contributed by atoms with van der Waals surface area (Å²) in [6.45, 7) is 4.01. The Morgan fingerprint density at radius 3 is 2.51 bits per heavy atom. The quantitative estimate of drug-likeness (QED) is 0.466. The van der Waals surface area contributed by atoms with Crippen LogP contribution in [0.1, 0.15) is 46.8 Å². The smallest absolute Gasteiger partial charge is 0.257 e. The lowest BCUT2D eigenvalue weighted by Crippen LogP contribution is -2.55. The summed E-state index contributed by atoms with van der Waals surface area (Å²) >= 11 is 0. The fraction of sp³-hybridized carbons (Fsp3) is 0.452. The van der Waals surface area contributed by atoms with E-state index >= 15 is 4.39 Å². The molecule has 0 bridgehead atoms. The van der Waals surface area contributed by atoms with Gasteiger partial charge in [-0.15, -0.1) is 0 Å². The molecule has 3 saturated heterocycles. The molecule has 6 rings (SSSR count). The van der Waals surface area contributed by atoms with E-state index in [1.54, 1.807) is 48.1 Å². The maximum atomic E-state index is 15.2. The fourth-order valence-corrected chi connectivity index (χ4v) is 6.50. The lowest BCUT2D eigenvalue weighted by Gasteiger charge is -2.47. The Morgan fingerprint density at radius 1 is 1.02 bits per heavy atom. The number of hydrogen-bond acceptors (Lipinski definition) is 6. The van der Waals surface area contributed by atoms with Gasteiger partial charge in [0.25, 0.3) is 5.91 Å². The number of fused-ring (bicyclic) bond motifs is 1. The normalized spacial score (nSPS) is 24.6. The Bertz CT molecular complexity index is 1380. The number of nitrogens with one attached hydrogen (secondary N) is 2. The van der Waals surface area contributed by atoms with Gasteiger partial charge in [-0.2, -0.15) is 5.10 Å². The van der Waals surface area contributed by atoms with Gasteiger partial charge in [-0.25, -0.2) is 4.39 Å². The van der Waals surface area contributed by atoms with E-state index < -0.39 is 23.7 Å². The number of rotatable bonds is 6. The van der Waals surface area contributed by atoms with E-state index in [0.29, 0.717) is 36.9 Å². The molecule has 2 aromatic carbocycles. The molecule has 2 amide bonds. The Morgan fingerprint density at radius 2 is 1.80 bits per heavy atom. The van der Waals surface area contributed by atoms with Crippen LogP contribution in [0.25, 0.3) is 0 Å². The maximum Gasteiger partial charge on any atom is 0.257 e. The van der Waals surface area contributed by atoms with E-state index in [0.717, 1.165) is 37.3 Å². The molecule has 3 aromatic rings. The Hall–Kier alpha value is -3.76. The number of carbonyl (C=O) groups is 2. The molecule has 4 atom stereocenters. The molecule has 0 saturated carbocycles. The van der Waals surface area contributed by atoms with Crippen molar-refractivity contribution in [3.63, 3.8) is 0 Å².